The van der Waals surface area contributed by atoms with Gasteiger partial charge < -0.3 is 10.1 Å². The third-order valence-corrected chi connectivity index (χ3v) is 6.97. The topological polar surface area (TPSA) is 58.6 Å². The Kier molecular flexibility index (Phi) is 7.79. The number of methoxy groups -OCH3 is 1. The monoisotopic (exact) mass is 462 g/mol. The highest BCUT2D eigenvalue weighted by Gasteiger charge is 2.34. The molecule has 5 nitrogen and oxygen atoms in total. The molecule has 0 aliphatic heterocycles. The Balaban J connectivity index is 1.72. The maximum atomic E-state index is 13.8. The summed E-state index contributed by atoms with van der Waals surface area (Å²) in [5.74, 6) is 0.458. The predicted molar refractivity (Wildman–Crippen MR) is 133 cm³/mol. The Bertz CT molecular complexity index is 1030. The van der Waals surface area contributed by atoms with Crippen molar-refractivity contribution >= 4 is 28.8 Å². The van der Waals surface area contributed by atoms with Crippen LogP contribution in [0.25, 0.3) is 0 Å². The number of carbonyl (C=O) groups is 2. The van der Waals surface area contributed by atoms with Crippen LogP contribution >= 0.6 is 11.3 Å². The van der Waals surface area contributed by atoms with Crippen molar-refractivity contribution in [2.45, 2.75) is 50.6 Å². The minimum Gasteiger partial charge on any atom is -0.497 e. The lowest BCUT2D eigenvalue weighted by Gasteiger charge is -2.33. The molecule has 1 aromatic heterocycles. The summed E-state index contributed by atoms with van der Waals surface area (Å²) in [6.45, 7) is 0. The predicted octanol–water partition coefficient (Wildman–Crippen LogP) is 5.52. The third-order valence-electron chi connectivity index (χ3n) is 6.10. The van der Waals surface area contributed by atoms with Gasteiger partial charge in [0.05, 0.1) is 13.5 Å². The van der Waals surface area contributed by atoms with Crippen molar-refractivity contribution in [1.29, 1.82) is 0 Å². The van der Waals surface area contributed by atoms with Crippen LogP contribution in [0.4, 0.5) is 5.69 Å². The van der Waals surface area contributed by atoms with Gasteiger partial charge in [-0.05, 0) is 54.1 Å². The Morgan fingerprint density at radius 1 is 1.00 bits per heavy atom. The van der Waals surface area contributed by atoms with Gasteiger partial charge in [-0.3, -0.25) is 14.5 Å². The third kappa shape index (κ3) is 5.82. The molecule has 4 rings (SSSR count). The molecular formula is C27H30N2O3S. The molecule has 0 bridgehead atoms. The van der Waals surface area contributed by atoms with E-state index in [1.807, 2.05) is 72.1 Å². The van der Waals surface area contributed by atoms with Gasteiger partial charge >= 0.3 is 0 Å². The summed E-state index contributed by atoms with van der Waals surface area (Å²) in [7, 11) is 1.61. The number of amides is 2. The van der Waals surface area contributed by atoms with E-state index in [1.165, 1.54) is 6.42 Å². The maximum absolute atomic E-state index is 13.8. The van der Waals surface area contributed by atoms with Gasteiger partial charge in [0.15, 0.2) is 0 Å². The van der Waals surface area contributed by atoms with Crippen molar-refractivity contribution in [1.82, 2.24) is 5.32 Å². The summed E-state index contributed by atoms with van der Waals surface area (Å²) in [5.41, 5.74) is 1.46. The Morgan fingerprint density at radius 3 is 2.36 bits per heavy atom. The quantitative estimate of drug-likeness (QED) is 0.479. The summed E-state index contributed by atoms with van der Waals surface area (Å²) in [6, 6.07) is 20.2. The molecule has 1 aliphatic rings. The Morgan fingerprint density at radius 2 is 1.73 bits per heavy atom. The Hall–Kier alpha value is -3.12. The van der Waals surface area contributed by atoms with Gasteiger partial charge in [0.25, 0.3) is 0 Å². The number of benzene rings is 2. The van der Waals surface area contributed by atoms with E-state index in [2.05, 4.69) is 5.32 Å². The first-order valence-electron chi connectivity index (χ1n) is 11.5. The Labute approximate surface area is 199 Å². The number of hydrogen-bond donors (Lipinski definition) is 1. The summed E-state index contributed by atoms with van der Waals surface area (Å²) in [4.78, 5) is 30.1. The van der Waals surface area contributed by atoms with Gasteiger partial charge in [-0.15, -0.1) is 11.3 Å². The largest absolute Gasteiger partial charge is 0.497 e. The minimum atomic E-state index is -0.771. The lowest BCUT2D eigenvalue weighted by atomic mass is 9.94. The number of carbonyl (C=O) groups excluding carboxylic acids is 2. The van der Waals surface area contributed by atoms with Gasteiger partial charge in [-0.1, -0.05) is 55.7 Å². The first kappa shape index (κ1) is 23.1. The van der Waals surface area contributed by atoms with Gasteiger partial charge in [0.2, 0.25) is 11.8 Å². The average molecular weight is 463 g/mol. The lowest BCUT2D eigenvalue weighted by Crippen LogP contribution is -2.47. The number of nitrogens with zero attached hydrogens (tertiary/aromatic N) is 1. The molecule has 0 radical (unpaired) electrons. The molecule has 1 N–H and O–H groups in total. The van der Waals surface area contributed by atoms with Crippen LogP contribution < -0.4 is 15.0 Å². The van der Waals surface area contributed by atoms with Crippen LogP contribution in [-0.4, -0.2) is 25.0 Å². The van der Waals surface area contributed by atoms with Crippen LogP contribution in [0.2, 0.25) is 0 Å². The molecule has 6 heteroatoms. The van der Waals surface area contributed by atoms with Crippen LogP contribution in [0.15, 0.2) is 72.1 Å². The first-order chi connectivity index (χ1) is 16.2. The fraction of sp³-hybridized carbons (Fsp3) is 0.333. The summed E-state index contributed by atoms with van der Waals surface area (Å²) in [5, 5.41) is 5.21. The number of hydrogen-bond acceptors (Lipinski definition) is 4. The van der Waals surface area contributed by atoms with Gasteiger partial charge in [0.1, 0.15) is 11.8 Å². The van der Waals surface area contributed by atoms with Crippen molar-refractivity contribution in [3.63, 3.8) is 0 Å². The standard InChI is InChI=1S/C27H30N2O3S/c1-32-23-16-14-20(15-17-23)26(27(31)28-21-9-4-2-5-10-21)29(22-11-6-3-7-12-22)25(30)19-24-13-8-18-33-24/h3,6-8,11-18,21,26H,2,4-5,9-10,19H2,1H3,(H,28,31). The van der Waals surface area contributed by atoms with Crippen LogP contribution in [0, 0.1) is 0 Å². The maximum Gasteiger partial charge on any atom is 0.248 e. The second kappa shape index (κ2) is 11.1. The molecule has 2 aromatic carbocycles. The van der Waals surface area contributed by atoms with Crippen LogP contribution in [-0.2, 0) is 16.0 Å². The average Bonchev–Trinajstić information content (AvgIpc) is 3.36. The highest BCUT2D eigenvalue weighted by molar-refractivity contribution is 7.10. The summed E-state index contributed by atoms with van der Waals surface area (Å²) >= 11 is 1.55. The van der Waals surface area contributed by atoms with Gasteiger partial charge in [-0.2, -0.15) is 0 Å². The minimum absolute atomic E-state index is 0.108. The fourth-order valence-electron chi connectivity index (χ4n) is 4.40. The second-order valence-corrected chi connectivity index (χ2v) is 9.41. The second-order valence-electron chi connectivity index (χ2n) is 8.37. The van der Waals surface area contributed by atoms with E-state index in [9.17, 15) is 9.59 Å². The highest BCUT2D eigenvalue weighted by atomic mass is 32.1. The smallest absolute Gasteiger partial charge is 0.248 e. The molecule has 0 spiro atoms. The van der Waals surface area contributed by atoms with Crippen LogP contribution in [0.5, 0.6) is 5.75 Å². The highest BCUT2D eigenvalue weighted by Crippen LogP contribution is 2.31. The van der Waals surface area contributed by atoms with Gasteiger partial charge in [-0.25, -0.2) is 0 Å². The number of para-hydroxylation sites is 1. The molecule has 1 fully saturated rings. The van der Waals surface area contributed by atoms with Crippen LogP contribution in [0.3, 0.4) is 0 Å². The summed E-state index contributed by atoms with van der Waals surface area (Å²) in [6.07, 6.45) is 5.67. The van der Waals surface area contributed by atoms with E-state index in [-0.39, 0.29) is 24.3 Å². The molecule has 1 unspecified atom stereocenters. The van der Waals surface area contributed by atoms with E-state index in [0.717, 1.165) is 36.1 Å². The molecule has 172 valence electrons. The number of thiophene rings is 1. The number of rotatable bonds is 8. The van der Waals surface area contributed by atoms with E-state index in [1.54, 1.807) is 23.3 Å². The zero-order chi connectivity index (χ0) is 23.0. The molecule has 2 amide bonds. The summed E-state index contributed by atoms with van der Waals surface area (Å²) < 4.78 is 5.31. The zero-order valence-corrected chi connectivity index (χ0v) is 19.7. The first-order valence-corrected chi connectivity index (χ1v) is 12.4. The fourth-order valence-corrected chi connectivity index (χ4v) is 5.10. The SMILES string of the molecule is COc1ccc(C(C(=O)NC2CCCCC2)N(C(=O)Cc2cccs2)c2ccccc2)cc1. The van der Waals surface area contributed by atoms with E-state index >= 15 is 0 Å². The van der Waals surface area contributed by atoms with Crippen molar-refractivity contribution in [2.24, 2.45) is 0 Å². The van der Waals surface area contributed by atoms with E-state index in [4.69, 9.17) is 4.74 Å². The molecule has 1 atom stereocenters. The van der Waals surface area contributed by atoms with Crippen molar-refractivity contribution < 1.29 is 14.3 Å². The molecule has 1 saturated carbocycles. The molecular weight excluding hydrogens is 432 g/mol. The van der Waals surface area contributed by atoms with E-state index in [0.29, 0.717) is 11.4 Å². The lowest BCUT2D eigenvalue weighted by molar-refractivity contribution is -0.127. The van der Waals surface area contributed by atoms with E-state index < -0.39 is 6.04 Å². The number of anilines is 1. The van der Waals surface area contributed by atoms with Crippen molar-refractivity contribution in [2.75, 3.05) is 12.0 Å². The molecule has 3 aromatic rings. The molecule has 1 heterocycles. The van der Waals surface area contributed by atoms with Crippen LogP contribution in [0.1, 0.15) is 48.6 Å². The van der Waals surface area contributed by atoms with Crippen molar-refractivity contribution in [3.05, 3.63) is 82.6 Å². The molecule has 0 saturated heterocycles. The zero-order valence-electron chi connectivity index (χ0n) is 18.9. The van der Waals surface area contributed by atoms with Crippen molar-refractivity contribution in [3.8, 4) is 5.75 Å². The number of ether oxygens (including phenoxy) is 1. The van der Waals surface area contributed by atoms with Gasteiger partial charge in [0, 0.05) is 16.6 Å². The number of nitrogens with one attached hydrogen (secondary N) is 1. The molecule has 1 aliphatic carbocycles. The normalized spacial score (nSPS) is 14.9. The molecule has 33 heavy (non-hydrogen) atoms.